The summed E-state index contributed by atoms with van der Waals surface area (Å²) in [6, 6.07) is 6.26. The van der Waals surface area contributed by atoms with E-state index in [0.29, 0.717) is 11.1 Å². The minimum absolute atomic E-state index is 0.0417. The Kier molecular flexibility index (Phi) is 7.12. The van der Waals surface area contributed by atoms with Crippen LogP contribution in [0.25, 0.3) is 6.08 Å². The number of nitro benzene ring substituents is 1. The Morgan fingerprint density at radius 3 is 2.41 bits per heavy atom. The normalized spacial score (nSPS) is 13.3. The van der Waals surface area contributed by atoms with E-state index >= 15 is 0 Å². The lowest BCUT2D eigenvalue weighted by molar-refractivity contribution is -0.384. The van der Waals surface area contributed by atoms with E-state index in [1.54, 1.807) is 26.0 Å². The highest BCUT2D eigenvalue weighted by molar-refractivity contribution is 5.57. The summed E-state index contributed by atoms with van der Waals surface area (Å²) in [4.78, 5) is 22.6. The monoisotopic (exact) mass is 399 g/mol. The molecule has 0 aliphatic carbocycles. The molecule has 1 aromatic carbocycles. The Balaban J connectivity index is 2.19. The standard InChI is InChI=1S/C22H25NO6/c1-13(11-17-6-8-18(9-7-17)23(26)27)10-14(2)12-19(24)21-15(3)20(25)16(4)22(28-5)29-21/h6-11,19,24H,12H2,1-5H3/b13-11+,14-10+. The average molecular weight is 399 g/mol. The van der Waals surface area contributed by atoms with Gasteiger partial charge < -0.3 is 14.3 Å². The van der Waals surface area contributed by atoms with Crippen LogP contribution in [0, 0.1) is 24.0 Å². The van der Waals surface area contributed by atoms with Gasteiger partial charge in [-0.15, -0.1) is 0 Å². The van der Waals surface area contributed by atoms with Crippen LogP contribution in [0.3, 0.4) is 0 Å². The van der Waals surface area contributed by atoms with E-state index in [1.165, 1.54) is 19.2 Å². The molecule has 29 heavy (non-hydrogen) atoms. The number of benzene rings is 1. The Bertz CT molecular complexity index is 1010. The van der Waals surface area contributed by atoms with Crippen molar-refractivity contribution in [3.63, 3.8) is 0 Å². The lowest BCUT2D eigenvalue weighted by Gasteiger charge is -2.15. The van der Waals surface area contributed by atoms with Gasteiger partial charge in [-0.25, -0.2) is 0 Å². The summed E-state index contributed by atoms with van der Waals surface area (Å²) in [6.45, 7) is 7.01. The first-order valence-electron chi connectivity index (χ1n) is 9.10. The predicted octanol–water partition coefficient (Wildman–Crippen LogP) is 4.65. The van der Waals surface area contributed by atoms with Gasteiger partial charge in [0.15, 0.2) is 5.43 Å². The molecule has 1 heterocycles. The molecule has 1 aromatic heterocycles. The van der Waals surface area contributed by atoms with Gasteiger partial charge in [0, 0.05) is 24.1 Å². The van der Waals surface area contributed by atoms with Crippen molar-refractivity contribution in [1.29, 1.82) is 0 Å². The summed E-state index contributed by atoms with van der Waals surface area (Å²) in [5.41, 5.74) is 3.20. The minimum atomic E-state index is -0.986. The van der Waals surface area contributed by atoms with Gasteiger partial charge in [0.05, 0.1) is 17.6 Å². The molecular weight excluding hydrogens is 374 g/mol. The van der Waals surface area contributed by atoms with E-state index in [4.69, 9.17) is 9.15 Å². The summed E-state index contributed by atoms with van der Waals surface area (Å²) in [5.74, 6) is 0.299. The van der Waals surface area contributed by atoms with Crippen LogP contribution in [0.5, 0.6) is 5.95 Å². The van der Waals surface area contributed by atoms with Crippen LogP contribution in [0.4, 0.5) is 5.69 Å². The lowest BCUT2D eigenvalue weighted by atomic mass is 10.0. The quantitative estimate of drug-likeness (QED) is 0.413. The van der Waals surface area contributed by atoms with Crippen molar-refractivity contribution in [3.8, 4) is 5.95 Å². The summed E-state index contributed by atoms with van der Waals surface area (Å²) < 4.78 is 10.7. The van der Waals surface area contributed by atoms with Gasteiger partial charge in [0.1, 0.15) is 11.9 Å². The predicted molar refractivity (Wildman–Crippen MR) is 111 cm³/mol. The van der Waals surface area contributed by atoms with Crippen molar-refractivity contribution in [2.45, 2.75) is 40.2 Å². The topological polar surface area (TPSA) is 103 Å². The highest BCUT2D eigenvalue weighted by Crippen LogP contribution is 2.28. The van der Waals surface area contributed by atoms with Gasteiger partial charge in [0.25, 0.3) is 11.6 Å². The van der Waals surface area contributed by atoms with Crippen molar-refractivity contribution in [1.82, 2.24) is 0 Å². The van der Waals surface area contributed by atoms with Gasteiger partial charge in [0.2, 0.25) is 0 Å². The molecule has 0 aliphatic rings. The van der Waals surface area contributed by atoms with Crippen molar-refractivity contribution in [2.75, 3.05) is 7.11 Å². The number of rotatable bonds is 7. The van der Waals surface area contributed by atoms with Crippen molar-refractivity contribution < 1.29 is 19.2 Å². The molecular formula is C22H25NO6. The van der Waals surface area contributed by atoms with Gasteiger partial charge >= 0.3 is 0 Å². The molecule has 7 heteroatoms. The van der Waals surface area contributed by atoms with Crippen LogP contribution < -0.4 is 10.2 Å². The molecule has 0 spiro atoms. The smallest absolute Gasteiger partial charge is 0.291 e. The fraction of sp³-hybridized carbons (Fsp3) is 0.318. The molecule has 154 valence electrons. The number of aliphatic hydroxyl groups is 1. The maximum Gasteiger partial charge on any atom is 0.291 e. The highest BCUT2D eigenvalue weighted by atomic mass is 16.6. The summed E-state index contributed by atoms with van der Waals surface area (Å²) in [5, 5.41) is 21.3. The van der Waals surface area contributed by atoms with Crippen LogP contribution in [0.15, 0.2) is 50.7 Å². The number of allylic oxidation sites excluding steroid dienone is 2. The maximum atomic E-state index is 12.3. The third-order valence-corrected chi connectivity index (χ3v) is 4.54. The molecule has 0 saturated heterocycles. The molecule has 0 fully saturated rings. The average Bonchev–Trinajstić information content (AvgIpc) is 2.66. The molecule has 0 radical (unpaired) electrons. The largest absolute Gasteiger partial charge is 0.468 e. The molecule has 0 amide bonds. The lowest BCUT2D eigenvalue weighted by Crippen LogP contribution is -2.15. The first-order valence-corrected chi connectivity index (χ1v) is 9.10. The molecule has 2 aromatic rings. The van der Waals surface area contributed by atoms with Crippen LogP contribution in [-0.2, 0) is 0 Å². The number of nitrogens with zero attached hydrogens (tertiary/aromatic N) is 1. The molecule has 1 N–H and O–H groups in total. The second-order valence-electron chi connectivity index (χ2n) is 6.98. The first-order chi connectivity index (χ1) is 13.6. The zero-order valence-electron chi connectivity index (χ0n) is 17.2. The maximum absolute atomic E-state index is 12.3. The third-order valence-electron chi connectivity index (χ3n) is 4.54. The molecule has 7 nitrogen and oxygen atoms in total. The molecule has 0 saturated carbocycles. The van der Waals surface area contributed by atoms with Crippen LogP contribution in [0.2, 0.25) is 0 Å². The molecule has 0 aliphatic heterocycles. The number of aliphatic hydroxyl groups excluding tert-OH is 1. The van der Waals surface area contributed by atoms with Gasteiger partial charge in [-0.2, -0.15) is 0 Å². The molecule has 1 atom stereocenters. The number of hydrogen-bond donors (Lipinski definition) is 1. The fourth-order valence-electron chi connectivity index (χ4n) is 3.09. The highest BCUT2D eigenvalue weighted by Gasteiger charge is 2.20. The van der Waals surface area contributed by atoms with Crippen molar-refractivity contribution in [3.05, 3.63) is 84.3 Å². The van der Waals surface area contributed by atoms with E-state index in [0.717, 1.165) is 16.7 Å². The Labute approximate surface area is 169 Å². The summed E-state index contributed by atoms with van der Waals surface area (Å²) >= 11 is 0. The number of ether oxygens (including phenoxy) is 1. The molecule has 0 bridgehead atoms. The minimum Gasteiger partial charge on any atom is -0.468 e. The molecule has 2 rings (SSSR count). The van der Waals surface area contributed by atoms with E-state index in [1.807, 2.05) is 26.0 Å². The van der Waals surface area contributed by atoms with E-state index < -0.39 is 11.0 Å². The van der Waals surface area contributed by atoms with Crippen LogP contribution in [0.1, 0.15) is 48.8 Å². The Hall–Kier alpha value is -3.19. The number of non-ortho nitro benzene ring substituents is 1. The first kappa shape index (κ1) is 22.1. The second kappa shape index (κ2) is 9.34. The van der Waals surface area contributed by atoms with Crippen LogP contribution >= 0.6 is 0 Å². The zero-order chi connectivity index (χ0) is 21.7. The van der Waals surface area contributed by atoms with E-state index in [-0.39, 0.29) is 29.2 Å². The Morgan fingerprint density at radius 1 is 1.24 bits per heavy atom. The van der Waals surface area contributed by atoms with Gasteiger partial charge in [-0.05, 0) is 45.4 Å². The third kappa shape index (κ3) is 5.42. The van der Waals surface area contributed by atoms with E-state index in [2.05, 4.69) is 0 Å². The number of methoxy groups -OCH3 is 1. The molecule has 1 unspecified atom stereocenters. The van der Waals surface area contributed by atoms with E-state index in [9.17, 15) is 20.0 Å². The fourth-order valence-corrected chi connectivity index (χ4v) is 3.09. The van der Waals surface area contributed by atoms with Gasteiger partial charge in [-0.3, -0.25) is 14.9 Å². The second-order valence-corrected chi connectivity index (χ2v) is 6.98. The summed E-state index contributed by atoms with van der Waals surface area (Å²) in [6.07, 6.45) is 3.09. The number of hydrogen-bond acceptors (Lipinski definition) is 6. The van der Waals surface area contributed by atoms with Gasteiger partial charge in [-0.1, -0.05) is 23.3 Å². The van der Waals surface area contributed by atoms with Crippen molar-refractivity contribution >= 4 is 11.8 Å². The Morgan fingerprint density at radius 2 is 1.86 bits per heavy atom. The SMILES string of the molecule is COc1oc(C(O)C/C(C)=C/C(C)=C/c2ccc([N+](=O)[O-])cc2)c(C)c(=O)c1C. The van der Waals surface area contributed by atoms with Crippen LogP contribution in [-0.4, -0.2) is 17.1 Å². The summed E-state index contributed by atoms with van der Waals surface area (Å²) in [7, 11) is 1.41. The number of nitro groups is 1. The zero-order valence-corrected chi connectivity index (χ0v) is 17.2. The van der Waals surface area contributed by atoms with Crippen molar-refractivity contribution in [2.24, 2.45) is 0 Å².